The molecule has 0 bridgehead atoms. The fourth-order valence-corrected chi connectivity index (χ4v) is 1.62. The van der Waals surface area contributed by atoms with E-state index in [1.54, 1.807) is 11.8 Å². The Labute approximate surface area is 81.3 Å². The highest BCUT2D eigenvalue weighted by Crippen LogP contribution is 2.07. The summed E-state index contributed by atoms with van der Waals surface area (Å²) in [5.74, 6) is 1.63. The highest BCUT2D eigenvalue weighted by atomic mass is 32.2. The van der Waals surface area contributed by atoms with E-state index < -0.39 is 4.92 Å². The van der Waals surface area contributed by atoms with Gasteiger partial charge < -0.3 is 10.2 Å². The van der Waals surface area contributed by atoms with E-state index in [0.29, 0.717) is 5.82 Å². The first kappa shape index (κ1) is 10.2. The molecule has 5 nitrogen and oxygen atoms in total. The summed E-state index contributed by atoms with van der Waals surface area (Å²) in [6.07, 6.45) is 3.06. The molecule has 1 fully saturated rings. The van der Waals surface area contributed by atoms with Gasteiger partial charge in [-0.2, -0.15) is 11.8 Å². The quantitative estimate of drug-likeness (QED) is 0.527. The van der Waals surface area contributed by atoms with Crippen LogP contribution < -0.4 is 5.32 Å². The third-order valence-electron chi connectivity index (χ3n) is 1.82. The molecule has 0 radical (unpaired) electrons. The van der Waals surface area contributed by atoms with Gasteiger partial charge in [0.1, 0.15) is 0 Å². The number of nitrogens with one attached hydrogen (secondary N) is 1. The molecule has 0 unspecified atom stereocenters. The largest absolute Gasteiger partial charge is 0.365 e. The molecular weight excluding hydrogens is 190 g/mol. The molecule has 1 N–H and O–H groups in total. The van der Waals surface area contributed by atoms with Crippen LogP contribution in [-0.4, -0.2) is 41.5 Å². The van der Waals surface area contributed by atoms with Gasteiger partial charge in [-0.25, -0.2) is 0 Å². The van der Waals surface area contributed by atoms with E-state index in [-0.39, 0.29) is 0 Å². The van der Waals surface area contributed by atoms with Crippen molar-refractivity contribution < 1.29 is 4.92 Å². The van der Waals surface area contributed by atoms with Gasteiger partial charge in [-0.3, -0.25) is 10.1 Å². The van der Waals surface area contributed by atoms with Crippen LogP contribution in [0.3, 0.4) is 0 Å². The second-order valence-electron chi connectivity index (χ2n) is 2.71. The first-order chi connectivity index (χ1) is 6.24. The molecule has 6 heteroatoms. The number of rotatable bonds is 4. The monoisotopic (exact) mass is 203 g/mol. The summed E-state index contributed by atoms with van der Waals surface area (Å²) >= 11 is 1.74. The molecule has 0 saturated carbocycles. The van der Waals surface area contributed by atoms with Crippen LogP contribution in [-0.2, 0) is 0 Å². The van der Waals surface area contributed by atoms with Crippen molar-refractivity contribution in [1.29, 1.82) is 0 Å². The van der Waals surface area contributed by atoms with Gasteiger partial charge in [-0.15, -0.1) is 0 Å². The van der Waals surface area contributed by atoms with Crippen LogP contribution in [0.5, 0.6) is 0 Å². The molecule has 0 aliphatic carbocycles. The molecule has 1 saturated heterocycles. The van der Waals surface area contributed by atoms with Crippen LogP contribution >= 0.6 is 11.8 Å². The fourth-order valence-electron chi connectivity index (χ4n) is 1.21. The number of nitro groups is 1. The first-order valence-corrected chi connectivity index (χ1v) is 5.46. The van der Waals surface area contributed by atoms with E-state index in [4.69, 9.17) is 0 Å². The van der Waals surface area contributed by atoms with Crippen molar-refractivity contribution >= 4 is 11.8 Å². The maximum Gasteiger partial charge on any atom is 0.274 e. The van der Waals surface area contributed by atoms with Gasteiger partial charge in [-0.1, -0.05) is 0 Å². The third-order valence-corrected chi connectivity index (χ3v) is 2.41. The summed E-state index contributed by atoms with van der Waals surface area (Å²) in [7, 11) is 0. The Morgan fingerprint density at radius 2 is 2.62 bits per heavy atom. The number of thioether (sulfide) groups is 1. The number of hydrogen-bond donors (Lipinski definition) is 1. The zero-order chi connectivity index (χ0) is 9.68. The second kappa shape index (κ2) is 4.96. The lowest BCUT2D eigenvalue weighted by Crippen LogP contribution is -2.23. The minimum absolute atomic E-state index is 0.417. The minimum Gasteiger partial charge on any atom is -0.365 e. The van der Waals surface area contributed by atoms with Gasteiger partial charge in [0.05, 0.1) is 4.92 Å². The summed E-state index contributed by atoms with van der Waals surface area (Å²) in [6, 6.07) is 0. The van der Waals surface area contributed by atoms with Crippen LogP contribution in [0, 0.1) is 10.1 Å². The zero-order valence-electron chi connectivity index (χ0n) is 7.52. The Bertz CT molecular complexity index is 220. The molecule has 13 heavy (non-hydrogen) atoms. The van der Waals surface area contributed by atoms with Crippen LogP contribution in [0.15, 0.2) is 12.0 Å². The maximum atomic E-state index is 10.2. The van der Waals surface area contributed by atoms with Gasteiger partial charge >= 0.3 is 0 Å². The number of nitrogens with zero attached hydrogens (tertiary/aromatic N) is 2. The molecule has 0 aromatic carbocycles. The van der Waals surface area contributed by atoms with Crippen molar-refractivity contribution in [3.05, 3.63) is 22.1 Å². The highest BCUT2D eigenvalue weighted by Gasteiger charge is 2.18. The van der Waals surface area contributed by atoms with E-state index in [2.05, 4.69) is 5.32 Å². The molecule has 0 aromatic rings. The standard InChI is InChI=1S/C7H13N3O2S/c1-13-5-4-9-3-2-8-7(9)6-10(11)12/h6,8H,2-5H2,1H3. The lowest BCUT2D eigenvalue weighted by atomic mass is 10.5. The summed E-state index contributed by atoms with van der Waals surface area (Å²) in [6.45, 7) is 2.53. The fraction of sp³-hybridized carbons (Fsp3) is 0.714. The van der Waals surface area contributed by atoms with Crippen LogP contribution in [0.4, 0.5) is 0 Å². The Morgan fingerprint density at radius 1 is 1.85 bits per heavy atom. The van der Waals surface area contributed by atoms with E-state index >= 15 is 0 Å². The lowest BCUT2D eigenvalue weighted by molar-refractivity contribution is -0.404. The molecule has 0 spiro atoms. The molecule has 0 atom stereocenters. The molecule has 0 amide bonds. The first-order valence-electron chi connectivity index (χ1n) is 4.07. The van der Waals surface area contributed by atoms with E-state index in [0.717, 1.165) is 31.6 Å². The Kier molecular flexibility index (Phi) is 3.88. The summed E-state index contributed by atoms with van der Waals surface area (Å²) in [5.41, 5.74) is 0. The van der Waals surface area contributed by atoms with E-state index in [9.17, 15) is 10.1 Å². The SMILES string of the molecule is CSCCN1CCNC1=C[N+](=O)[O-]. The molecule has 74 valence electrons. The van der Waals surface area contributed by atoms with Gasteiger partial charge in [0.2, 0.25) is 0 Å². The van der Waals surface area contributed by atoms with Crippen molar-refractivity contribution in [2.24, 2.45) is 0 Å². The smallest absolute Gasteiger partial charge is 0.274 e. The zero-order valence-corrected chi connectivity index (χ0v) is 8.34. The predicted octanol–water partition coefficient (Wildman–Crippen LogP) is 0.330. The van der Waals surface area contributed by atoms with Crippen molar-refractivity contribution in [3.63, 3.8) is 0 Å². The topological polar surface area (TPSA) is 58.4 Å². The Morgan fingerprint density at radius 3 is 3.23 bits per heavy atom. The van der Waals surface area contributed by atoms with Crippen molar-refractivity contribution in [2.75, 3.05) is 31.6 Å². The molecular formula is C7H13N3O2S. The van der Waals surface area contributed by atoms with E-state index in [1.165, 1.54) is 0 Å². The number of hydrogen-bond acceptors (Lipinski definition) is 5. The third kappa shape index (κ3) is 3.14. The minimum atomic E-state index is -0.417. The van der Waals surface area contributed by atoms with Gasteiger partial charge in [-0.05, 0) is 6.26 Å². The van der Waals surface area contributed by atoms with Gasteiger partial charge in [0, 0.05) is 25.4 Å². The molecule has 1 rings (SSSR count). The Balaban J connectivity index is 2.48. The van der Waals surface area contributed by atoms with Gasteiger partial charge in [0.25, 0.3) is 6.20 Å². The van der Waals surface area contributed by atoms with Crippen LogP contribution in [0.2, 0.25) is 0 Å². The average Bonchev–Trinajstić information content (AvgIpc) is 2.48. The van der Waals surface area contributed by atoms with Crippen molar-refractivity contribution in [2.45, 2.75) is 0 Å². The average molecular weight is 203 g/mol. The molecule has 1 aliphatic heterocycles. The maximum absolute atomic E-state index is 10.2. The normalized spacial score (nSPS) is 19.2. The lowest BCUT2D eigenvalue weighted by Gasteiger charge is -2.15. The molecule has 1 aliphatic rings. The van der Waals surface area contributed by atoms with Crippen molar-refractivity contribution in [3.8, 4) is 0 Å². The van der Waals surface area contributed by atoms with Gasteiger partial charge in [0.15, 0.2) is 5.82 Å². The van der Waals surface area contributed by atoms with Crippen LogP contribution in [0.1, 0.15) is 0 Å². The van der Waals surface area contributed by atoms with Crippen molar-refractivity contribution in [1.82, 2.24) is 10.2 Å². The molecule has 0 aromatic heterocycles. The Hall–Kier alpha value is -0.910. The van der Waals surface area contributed by atoms with E-state index in [1.807, 2.05) is 11.2 Å². The summed E-state index contributed by atoms with van der Waals surface area (Å²) in [4.78, 5) is 11.8. The summed E-state index contributed by atoms with van der Waals surface area (Å²) in [5, 5.41) is 13.2. The van der Waals surface area contributed by atoms with Crippen LogP contribution in [0.25, 0.3) is 0 Å². The second-order valence-corrected chi connectivity index (χ2v) is 3.69. The molecule has 1 heterocycles. The summed E-state index contributed by atoms with van der Waals surface area (Å²) < 4.78 is 0. The highest BCUT2D eigenvalue weighted by molar-refractivity contribution is 7.98. The predicted molar refractivity (Wildman–Crippen MR) is 53.0 cm³/mol.